The van der Waals surface area contributed by atoms with E-state index in [1.807, 2.05) is 0 Å². The molecule has 5 atom stereocenters. The largest absolute Gasteiger partial charge is 0.462 e. The number of aryl methyl sites for hydroxylation is 1. The van der Waals surface area contributed by atoms with E-state index in [0.29, 0.717) is 33.7 Å². The van der Waals surface area contributed by atoms with Gasteiger partial charge in [0.1, 0.15) is 36.5 Å². The summed E-state index contributed by atoms with van der Waals surface area (Å²) in [5.74, 6) is 0.320. The van der Waals surface area contributed by atoms with E-state index < -0.39 is 37.3 Å². The van der Waals surface area contributed by atoms with Gasteiger partial charge in [-0.1, -0.05) is 12.1 Å². The van der Waals surface area contributed by atoms with Crippen LogP contribution in [0.15, 0.2) is 60.0 Å². The lowest BCUT2D eigenvalue weighted by atomic mass is 9.99. The van der Waals surface area contributed by atoms with Crippen LogP contribution in [0.1, 0.15) is 11.3 Å². The van der Waals surface area contributed by atoms with Gasteiger partial charge >= 0.3 is 0 Å². The van der Waals surface area contributed by atoms with E-state index in [-0.39, 0.29) is 5.49 Å². The van der Waals surface area contributed by atoms with E-state index in [2.05, 4.69) is 20.0 Å². The van der Waals surface area contributed by atoms with Gasteiger partial charge in [-0.25, -0.2) is 19.2 Å². The van der Waals surface area contributed by atoms with Crippen LogP contribution < -0.4 is 10.2 Å². The van der Waals surface area contributed by atoms with Crippen molar-refractivity contribution in [2.24, 2.45) is 5.10 Å². The number of nitrogens with zero attached hydrogens (tertiary/aromatic N) is 6. The van der Waals surface area contributed by atoms with Crippen molar-refractivity contribution in [3.8, 4) is 11.4 Å². The van der Waals surface area contributed by atoms with Crippen LogP contribution in [0.4, 0.5) is 5.69 Å². The third kappa shape index (κ3) is 5.02. The number of hydrogen-bond donors (Lipinski definition) is 5. The molecule has 1 aliphatic heterocycles. The highest BCUT2D eigenvalue weighted by Gasteiger charge is 2.44. The van der Waals surface area contributed by atoms with Crippen molar-refractivity contribution in [2.75, 3.05) is 6.61 Å². The molecule has 5 unspecified atom stereocenters. The molecule has 5 rings (SSSR count). The van der Waals surface area contributed by atoms with E-state index in [0.717, 1.165) is 5.69 Å². The monoisotopic (exact) mass is 531 g/mol. The highest BCUT2D eigenvalue weighted by Crippen LogP contribution is 2.24. The standard InChI is InChI=1S/C26H25N7O6/c1-14-20-24(27)32(13-29-25(20)33(31-14)17-7-5-16(28-2)6-8-17)30-11-15-3-9-18(10-4-15)38-26-23(37)22(36)21(35)19(12-34)39-26/h3-11,13,19,21-23,26-27,34-37H,12H2,1H3/b27-24?,30-11-. The number of nitrogens with one attached hydrogen (secondary N) is 1. The first kappa shape index (κ1) is 26.2. The van der Waals surface area contributed by atoms with Crippen molar-refractivity contribution >= 4 is 22.9 Å². The maximum atomic E-state index is 10.1. The van der Waals surface area contributed by atoms with Crippen molar-refractivity contribution in [3.63, 3.8) is 0 Å². The Bertz CT molecular complexity index is 1610. The van der Waals surface area contributed by atoms with Crippen molar-refractivity contribution < 1.29 is 29.9 Å². The van der Waals surface area contributed by atoms with Gasteiger partial charge in [-0.05, 0) is 48.9 Å². The zero-order valence-corrected chi connectivity index (χ0v) is 20.7. The second-order valence-electron chi connectivity index (χ2n) is 8.89. The van der Waals surface area contributed by atoms with E-state index in [1.54, 1.807) is 60.1 Å². The van der Waals surface area contributed by atoms with Gasteiger partial charge in [-0.15, -0.1) is 0 Å². The first-order valence-corrected chi connectivity index (χ1v) is 11.9. The molecule has 13 heteroatoms. The average molecular weight is 532 g/mol. The Labute approximate surface area is 221 Å². The van der Waals surface area contributed by atoms with Gasteiger partial charge in [0.15, 0.2) is 16.8 Å². The highest BCUT2D eigenvalue weighted by molar-refractivity contribution is 5.80. The van der Waals surface area contributed by atoms with Gasteiger partial charge in [0.25, 0.3) is 0 Å². The predicted octanol–water partition coefficient (Wildman–Crippen LogP) is 0.622. The normalized spacial score (nSPS) is 23.2. The van der Waals surface area contributed by atoms with Crippen LogP contribution >= 0.6 is 0 Å². The molecule has 0 saturated carbocycles. The summed E-state index contributed by atoms with van der Waals surface area (Å²) in [6.45, 7) is 8.35. The smallest absolute Gasteiger partial charge is 0.229 e. The van der Waals surface area contributed by atoms with E-state index >= 15 is 0 Å². The Balaban J connectivity index is 1.33. The Morgan fingerprint density at radius 2 is 1.82 bits per heavy atom. The second kappa shape index (κ2) is 10.7. The number of hydrogen-bond acceptors (Lipinski definition) is 10. The van der Waals surface area contributed by atoms with Crippen LogP contribution in [0.25, 0.3) is 21.6 Å². The summed E-state index contributed by atoms with van der Waals surface area (Å²) < 4.78 is 13.9. The molecule has 1 aliphatic rings. The summed E-state index contributed by atoms with van der Waals surface area (Å²) in [4.78, 5) is 7.86. The first-order chi connectivity index (χ1) is 18.8. The highest BCUT2D eigenvalue weighted by atomic mass is 16.7. The molecule has 0 radical (unpaired) electrons. The predicted molar refractivity (Wildman–Crippen MR) is 138 cm³/mol. The Kier molecular flexibility index (Phi) is 7.20. The summed E-state index contributed by atoms with van der Waals surface area (Å²) in [6, 6.07) is 13.5. The zero-order chi connectivity index (χ0) is 27.7. The molecule has 1 fully saturated rings. The topological polar surface area (TPSA) is 176 Å². The minimum absolute atomic E-state index is 0.0975. The summed E-state index contributed by atoms with van der Waals surface area (Å²) in [7, 11) is 0. The molecule has 5 N–H and O–H groups in total. The molecule has 0 spiro atoms. The zero-order valence-electron chi connectivity index (χ0n) is 20.7. The van der Waals surface area contributed by atoms with Gasteiger partial charge in [0, 0.05) is 0 Å². The van der Waals surface area contributed by atoms with E-state index in [1.165, 1.54) is 17.2 Å². The van der Waals surface area contributed by atoms with Crippen molar-refractivity contribution in [1.29, 1.82) is 5.41 Å². The van der Waals surface area contributed by atoms with Crippen molar-refractivity contribution in [3.05, 3.63) is 83.0 Å². The molecule has 4 aromatic rings. The number of rotatable bonds is 6. The maximum Gasteiger partial charge on any atom is 0.229 e. The fourth-order valence-corrected chi connectivity index (χ4v) is 4.19. The number of fused-ring (bicyclic) bond motifs is 1. The molecule has 0 bridgehead atoms. The third-order valence-electron chi connectivity index (χ3n) is 6.33. The summed E-state index contributed by atoms with van der Waals surface area (Å²) in [6.07, 6.45) is -3.90. The lowest BCUT2D eigenvalue weighted by molar-refractivity contribution is -0.277. The minimum Gasteiger partial charge on any atom is -0.462 e. The van der Waals surface area contributed by atoms with Crippen LogP contribution in [-0.4, -0.2) is 83.4 Å². The molecular weight excluding hydrogens is 506 g/mol. The minimum atomic E-state index is -1.53. The van der Waals surface area contributed by atoms with Gasteiger partial charge in [0.2, 0.25) is 6.29 Å². The molecule has 2 aromatic heterocycles. The van der Waals surface area contributed by atoms with Gasteiger partial charge in [-0.3, -0.25) is 5.41 Å². The summed E-state index contributed by atoms with van der Waals surface area (Å²) in [5.41, 5.74) is 3.11. The molecule has 0 amide bonds. The molecule has 2 aromatic carbocycles. The van der Waals surface area contributed by atoms with Crippen LogP contribution in [-0.2, 0) is 4.74 Å². The molecule has 13 nitrogen and oxygen atoms in total. The summed E-state index contributed by atoms with van der Waals surface area (Å²) >= 11 is 0. The molecular formula is C26H25N7O6. The molecule has 200 valence electrons. The number of aliphatic hydroxyl groups excluding tert-OH is 4. The summed E-state index contributed by atoms with van der Waals surface area (Å²) in [5, 5.41) is 57.3. The molecule has 1 saturated heterocycles. The first-order valence-electron chi connectivity index (χ1n) is 11.9. The number of ether oxygens (including phenoxy) is 2. The van der Waals surface area contributed by atoms with Crippen LogP contribution in [0.2, 0.25) is 0 Å². The lowest BCUT2D eigenvalue weighted by Crippen LogP contribution is -2.60. The quantitative estimate of drug-likeness (QED) is 0.178. The molecule has 3 heterocycles. The van der Waals surface area contributed by atoms with Crippen LogP contribution in [0.5, 0.6) is 5.75 Å². The fraction of sp³-hybridized carbons (Fsp3) is 0.269. The SMILES string of the molecule is [C-]#[N+]c1ccc(-n2nc(C)c3c(=N)n(/N=C\c4ccc(OC5OC(CO)C(O)C(O)C5O)cc4)cnc32)cc1. The van der Waals surface area contributed by atoms with Crippen molar-refractivity contribution in [2.45, 2.75) is 37.6 Å². The average Bonchev–Trinajstić information content (AvgIpc) is 3.30. The second-order valence-corrected chi connectivity index (χ2v) is 8.89. The molecule has 39 heavy (non-hydrogen) atoms. The van der Waals surface area contributed by atoms with Gasteiger partial charge in [0.05, 0.1) is 36.2 Å². The van der Waals surface area contributed by atoms with Gasteiger partial charge < -0.3 is 29.9 Å². The lowest BCUT2D eigenvalue weighted by Gasteiger charge is -2.39. The van der Waals surface area contributed by atoms with Crippen molar-refractivity contribution in [1.82, 2.24) is 19.4 Å². The van der Waals surface area contributed by atoms with E-state index in [4.69, 9.17) is 21.5 Å². The fourth-order valence-electron chi connectivity index (χ4n) is 4.19. The maximum absolute atomic E-state index is 10.1. The number of aromatic nitrogens is 4. The van der Waals surface area contributed by atoms with Crippen LogP contribution in [0.3, 0.4) is 0 Å². The number of aliphatic hydroxyl groups is 4. The van der Waals surface area contributed by atoms with Crippen LogP contribution in [0, 0.1) is 18.9 Å². The van der Waals surface area contributed by atoms with E-state index in [9.17, 15) is 20.4 Å². The molecule has 0 aliphatic carbocycles. The number of benzene rings is 2. The third-order valence-corrected chi connectivity index (χ3v) is 6.33. The Hall–Kier alpha value is -4.45. The Morgan fingerprint density at radius 3 is 2.49 bits per heavy atom. The Morgan fingerprint density at radius 1 is 1.10 bits per heavy atom. The van der Waals surface area contributed by atoms with Gasteiger partial charge in [-0.2, -0.15) is 10.2 Å².